The van der Waals surface area contributed by atoms with E-state index in [0.29, 0.717) is 37.9 Å². The summed E-state index contributed by atoms with van der Waals surface area (Å²) < 4.78 is 25.2. The molecule has 56 heavy (non-hydrogen) atoms. The SMILES string of the molecule is CCOC(=O)c1nc(NC(=O)CCC(=O)Nc2cc(NC(=O)c3nc(NC(=O)CCNC(=O)COCCOCCOCCN=C(N)N)cn3C)cn2C)cn1C. The minimum Gasteiger partial charge on any atom is -0.460 e. The van der Waals surface area contributed by atoms with E-state index in [2.05, 4.69) is 41.5 Å². The Morgan fingerprint density at radius 2 is 1.27 bits per heavy atom. The van der Waals surface area contributed by atoms with Gasteiger partial charge in [0, 0.05) is 71.6 Å². The molecule has 3 heterocycles. The maximum atomic E-state index is 13.0. The van der Waals surface area contributed by atoms with Crippen molar-refractivity contribution in [2.75, 3.05) is 80.6 Å². The maximum Gasteiger partial charge on any atom is 0.374 e. The van der Waals surface area contributed by atoms with Crippen molar-refractivity contribution in [3.05, 3.63) is 36.3 Å². The molecule has 23 nitrogen and oxygen atoms in total. The van der Waals surface area contributed by atoms with Gasteiger partial charge in [-0.1, -0.05) is 0 Å². The van der Waals surface area contributed by atoms with Gasteiger partial charge >= 0.3 is 5.97 Å². The van der Waals surface area contributed by atoms with Crippen LogP contribution in [0.25, 0.3) is 0 Å². The minimum absolute atomic E-state index is 0.00256. The fraction of sp³-hybridized carbons (Fsp3) is 0.485. The van der Waals surface area contributed by atoms with Crippen LogP contribution >= 0.6 is 0 Å². The van der Waals surface area contributed by atoms with Gasteiger partial charge in [-0.25, -0.2) is 14.8 Å². The van der Waals surface area contributed by atoms with Crippen LogP contribution in [0.2, 0.25) is 0 Å². The summed E-state index contributed by atoms with van der Waals surface area (Å²) in [6.45, 7) is 3.58. The second kappa shape index (κ2) is 22.8. The number of nitrogens with two attached hydrogens (primary N) is 2. The molecule has 3 aromatic rings. The van der Waals surface area contributed by atoms with Crippen molar-refractivity contribution in [3.8, 4) is 0 Å². The molecule has 0 saturated carbocycles. The van der Waals surface area contributed by atoms with Crippen molar-refractivity contribution in [2.24, 2.45) is 37.6 Å². The molecule has 3 aromatic heterocycles. The number of aliphatic imine (C=N–C) groups is 1. The lowest BCUT2D eigenvalue weighted by molar-refractivity contribution is -0.126. The van der Waals surface area contributed by atoms with Gasteiger partial charge in [0.25, 0.3) is 5.91 Å². The highest BCUT2D eigenvalue weighted by molar-refractivity contribution is 6.03. The van der Waals surface area contributed by atoms with Crippen molar-refractivity contribution >= 4 is 64.6 Å². The summed E-state index contributed by atoms with van der Waals surface area (Å²) in [7, 11) is 4.81. The lowest BCUT2D eigenvalue weighted by Crippen LogP contribution is -2.31. The van der Waals surface area contributed by atoms with Crippen LogP contribution in [-0.2, 0) is 59.3 Å². The third kappa shape index (κ3) is 15.6. The Labute approximate surface area is 321 Å². The lowest BCUT2D eigenvalue weighted by Gasteiger charge is -2.07. The number of anilines is 4. The second-order valence-electron chi connectivity index (χ2n) is 11.8. The van der Waals surface area contributed by atoms with Gasteiger partial charge in [-0.3, -0.25) is 29.0 Å². The number of hydrogen-bond acceptors (Lipinski definition) is 13. The smallest absolute Gasteiger partial charge is 0.374 e. The van der Waals surface area contributed by atoms with Gasteiger partial charge in [0.1, 0.15) is 12.4 Å². The molecule has 5 amide bonds. The number of carbonyl (C=O) groups is 6. The van der Waals surface area contributed by atoms with Gasteiger partial charge in [0.15, 0.2) is 17.6 Å². The molecule has 0 atom stereocenters. The van der Waals surface area contributed by atoms with Crippen LogP contribution in [0, 0.1) is 0 Å². The highest BCUT2D eigenvalue weighted by Gasteiger charge is 2.19. The number of esters is 1. The van der Waals surface area contributed by atoms with Gasteiger partial charge in [0.05, 0.1) is 51.9 Å². The van der Waals surface area contributed by atoms with Gasteiger partial charge in [-0.2, -0.15) is 0 Å². The largest absolute Gasteiger partial charge is 0.460 e. The molecular formula is C33H49N13O10. The predicted octanol–water partition coefficient (Wildman–Crippen LogP) is -0.953. The van der Waals surface area contributed by atoms with Crippen LogP contribution in [0.4, 0.5) is 23.1 Å². The zero-order chi connectivity index (χ0) is 41.0. The average molecular weight is 788 g/mol. The summed E-state index contributed by atoms with van der Waals surface area (Å²) in [4.78, 5) is 86.4. The van der Waals surface area contributed by atoms with Crippen LogP contribution in [0.1, 0.15) is 47.4 Å². The highest BCUT2D eigenvalue weighted by atomic mass is 16.5. The number of imidazole rings is 2. The Morgan fingerprint density at radius 3 is 1.91 bits per heavy atom. The number of rotatable bonds is 24. The number of nitrogens with zero attached hydrogens (tertiary/aromatic N) is 6. The number of carbonyl (C=O) groups excluding carboxylic acids is 6. The van der Waals surface area contributed by atoms with Crippen molar-refractivity contribution in [1.82, 2.24) is 29.0 Å². The summed E-state index contributed by atoms with van der Waals surface area (Å²) in [5, 5.41) is 13.1. The van der Waals surface area contributed by atoms with Gasteiger partial charge < -0.3 is 70.7 Å². The lowest BCUT2D eigenvalue weighted by atomic mass is 10.3. The molecule has 23 heteroatoms. The Bertz CT molecular complexity index is 1850. The Hall–Kier alpha value is -6.33. The summed E-state index contributed by atoms with van der Waals surface area (Å²) in [6.07, 6.45) is 4.11. The van der Waals surface area contributed by atoms with Crippen LogP contribution in [0.15, 0.2) is 29.6 Å². The third-order valence-electron chi connectivity index (χ3n) is 7.24. The molecule has 0 fully saturated rings. The van der Waals surface area contributed by atoms with E-state index in [1.807, 2.05) is 0 Å². The van der Waals surface area contributed by atoms with Crippen molar-refractivity contribution in [1.29, 1.82) is 0 Å². The molecule has 306 valence electrons. The van der Waals surface area contributed by atoms with Gasteiger partial charge in [0.2, 0.25) is 35.3 Å². The van der Waals surface area contributed by atoms with E-state index >= 15 is 0 Å². The number of amides is 5. The van der Waals surface area contributed by atoms with E-state index in [-0.39, 0.29) is 81.5 Å². The zero-order valence-corrected chi connectivity index (χ0v) is 31.7. The molecule has 0 unspecified atom stereocenters. The van der Waals surface area contributed by atoms with E-state index in [9.17, 15) is 28.8 Å². The molecule has 0 bridgehead atoms. The first-order valence-corrected chi connectivity index (χ1v) is 17.4. The summed E-state index contributed by atoms with van der Waals surface area (Å²) in [6, 6.07) is 1.53. The van der Waals surface area contributed by atoms with E-state index in [1.165, 1.54) is 27.6 Å². The maximum absolute atomic E-state index is 13.0. The first kappa shape index (κ1) is 44.1. The van der Waals surface area contributed by atoms with Gasteiger partial charge in [-0.05, 0) is 6.92 Å². The first-order chi connectivity index (χ1) is 26.7. The predicted molar refractivity (Wildman–Crippen MR) is 202 cm³/mol. The fourth-order valence-corrected chi connectivity index (χ4v) is 4.65. The number of ether oxygens (including phenoxy) is 4. The molecule has 0 aliphatic heterocycles. The second-order valence-corrected chi connectivity index (χ2v) is 11.8. The van der Waals surface area contributed by atoms with E-state index in [0.717, 1.165) is 0 Å². The summed E-state index contributed by atoms with van der Waals surface area (Å²) in [5.41, 5.74) is 10.8. The molecule has 9 N–H and O–H groups in total. The normalized spacial score (nSPS) is 10.7. The molecule has 0 saturated heterocycles. The molecule has 0 aliphatic rings. The Morgan fingerprint density at radius 1 is 0.696 bits per heavy atom. The van der Waals surface area contributed by atoms with E-state index < -0.39 is 35.5 Å². The number of aryl methyl sites for hydroxylation is 3. The zero-order valence-electron chi connectivity index (χ0n) is 31.7. The van der Waals surface area contributed by atoms with Crippen molar-refractivity contribution in [2.45, 2.75) is 26.2 Å². The first-order valence-electron chi connectivity index (χ1n) is 17.4. The highest BCUT2D eigenvalue weighted by Crippen LogP contribution is 2.19. The fourth-order valence-electron chi connectivity index (χ4n) is 4.65. The molecule has 0 spiro atoms. The third-order valence-corrected chi connectivity index (χ3v) is 7.24. The van der Waals surface area contributed by atoms with E-state index in [1.54, 1.807) is 38.8 Å². The monoisotopic (exact) mass is 787 g/mol. The number of hydrogen-bond donors (Lipinski definition) is 7. The van der Waals surface area contributed by atoms with Crippen LogP contribution in [0.5, 0.6) is 0 Å². The van der Waals surface area contributed by atoms with Crippen LogP contribution < -0.4 is 38.1 Å². The topological polar surface area (TPSA) is 304 Å². The van der Waals surface area contributed by atoms with Crippen molar-refractivity contribution in [3.63, 3.8) is 0 Å². The average Bonchev–Trinajstić information content (AvgIpc) is 3.80. The van der Waals surface area contributed by atoms with Crippen molar-refractivity contribution < 1.29 is 47.7 Å². The Balaban J connectivity index is 1.33. The summed E-state index contributed by atoms with van der Waals surface area (Å²) in [5.74, 6) is -2.35. The van der Waals surface area contributed by atoms with E-state index in [4.69, 9.17) is 30.4 Å². The minimum atomic E-state index is -0.627. The molecule has 0 aromatic carbocycles. The number of nitrogens with one attached hydrogen (secondary N) is 5. The standard InChI is InChI=1S/C33H49N13O10/c1-5-56-32(52)30-42-23(19-46(30)4)39-25(47)6-7-26(48)43-24-16-21(17-44(24)2)38-31(51)29-41-22(18-45(29)3)40-27(49)8-9-36-28(50)20-55-15-14-54-13-12-53-11-10-37-33(34)35/h16-19H,5-15,20H2,1-4H3,(H,36,50)(H,38,51)(H,39,47)(H,40,49)(H,43,48)(H4,34,35,37). The molecule has 3 rings (SSSR count). The molecular weight excluding hydrogens is 738 g/mol. The van der Waals surface area contributed by atoms with Crippen LogP contribution in [0.3, 0.4) is 0 Å². The summed E-state index contributed by atoms with van der Waals surface area (Å²) >= 11 is 0. The number of guanidine groups is 1. The molecule has 0 aliphatic carbocycles. The van der Waals surface area contributed by atoms with Crippen LogP contribution in [-0.4, -0.2) is 124 Å². The van der Waals surface area contributed by atoms with Gasteiger partial charge in [-0.15, -0.1) is 0 Å². The molecule has 0 radical (unpaired) electrons. The Kier molecular flexibility index (Phi) is 17.9. The quantitative estimate of drug-likeness (QED) is 0.0249. The number of aromatic nitrogens is 5.